The lowest BCUT2D eigenvalue weighted by molar-refractivity contribution is 0.252. The van der Waals surface area contributed by atoms with Crippen molar-refractivity contribution in [2.45, 2.75) is 18.9 Å². The van der Waals surface area contributed by atoms with Crippen LogP contribution >= 0.6 is 0 Å². The van der Waals surface area contributed by atoms with E-state index in [1.54, 1.807) is 0 Å². The second kappa shape index (κ2) is 5.71. The number of aromatic nitrogens is 1. The Morgan fingerprint density at radius 3 is 2.71 bits per heavy atom. The highest BCUT2D eigenvalue weighted by Gasteiger charge is 2.22. The molecule has 21 heavy (non-hydrogen) atoms. The predicted molar refractivity (Wildman–Crippen MR) is 85.4 cm³/mol. The summed E-state index contributed by atoms with van der Waals surface area (Å²) in [6, 6.07) is 10.6. The normalized spacial score (nSPS) is 16.8. The Labute approximate surface area is 125 Å². The number of benzene rings is 1. The number of nitriles is 1. The van der Waals surface area contributed by atoms with Gasteiger partial charge in [0.05, 0.1) is 11.6 Å². The van der Waals surface area contributed by atoms with E-state index in [-0.39, 0.29) is 0 Å². The largest absolute Gasteiger partial charge is 0.356 e. The molecule has 0 aliphatic carbocycles. The molecule has 1 aliphatic rings. The van der Waals surface area contributed by atoms with Crippen LogP contribution in [0.25, 0.3) is 10.8 Å². The van der Waals surface area contributed by atoms with Crippen molar-refractivity contribution >= 4 is 16.6 Å². The number of anilines is 1. The van der Waals surface area contributed by atoms with Gasteiger partial charge in [0.15, 0.2) is 0 Å². The van der Waals surface area contributed by atoms with Gasteiger partial charge < -0.3 is 9.80 Å². The summed E-state index contributed by atoms with van der Waals surface area (Å²) in [7, 11) is 4.29. The summed E-state index contributed by atoms with van der Waals surface area (Å²) in [5.74, 6) is 0.985. The summed E-state index contributed by atoms with van der Waals surface area (Å²) < 4.78 is 0. The fourth-order valence-electron chi connectivity index (χ4n) is 3.13. The highest BCUT2D eigenvalue weighted by atomic mass is 15.2. The maximum absolute atomic E-state index is 9.25. The predicted octanol–water partition coefficient (Wildman–Crippen LogP) is 2.64. The van der Waals surface area contributed by atoms with Gasteiger partial charge >= 0.3 is 0 Å². The van der Waals surface area contributed by atoms with Crippen LogP contribution in [-0.4, -0.2) is 43.1 Å². The highest BCUT2D eigenvalue weighted by molar-refractivity contribution is 5.95. The van der Waals surface area contributed by atoms with E-state index in [0.717, 1.165) is 42.5 Å². The first-order chi connectivity index (χ1) is 10.2. The number of hydrogen-bond acceptors (Lipinski definition) is 4. The van der Waals surface area contributed by atoms with Crippen molar-refractivity contribution in [1.29, 1.82) is 5.26 Å². The molecule has 1 aromatic heterocycles. The van der Waals surface area contributed by atoms with Crippen LogP contribution in [0.1, 0.15) is 18.4 Å². The van der Waals surface area contributed by atoms with E-state index in [2.05, 4.69) is 41.0 Å². The Kier molecular flexibility index (Phi) is 3.76. The molecule has 1 fully saturated rings. The van der Waals surface area contributed by atoms with Gasteiger partial charge in [0, 0.05) is 30.1 Å². The van der Waals surface area contributed by atoms with Crippen molar-refractivity contribution in [2.24, 2.45) is 0 Å². The minimum absolute atomic E-state index is 0.519. The van der Waals surface area contributed by atoms with Gasteiger partial charge in [-0.05, 0) is 45.1 Å². The van der Waals surface area contributed by atoms with Crippen molar-refractivity contribution in [1.82, 2.24) is 9.88 Å². The smallest absolute Gasteiger partial charge is 0.136 e. The third-order valence-electron chi connectivity index (χ3n) is 4.48. The van der Waals surface area contributed by atoms with E-state index in [1.807, 2.05) is 24.4 Å². The van der Waals surface area contributed by atoms with E-state index < -0.39 is 0 Å². The molecule has 1 aromatic carbocycles. The first-order valence-electron chi connectivity index (χ1n) is 7.40. The molecule has 0 bridgehead atoms. The topological polar surface area (TPSA) is 43.2 Å². The Morgan fingerprint density at radius 2 is 2.00 bits per heavy atom. The first-order valence-corrected chi connectivity index (χ1v) is 7.40. The molecule has 0 unspecified atom stereocenters. The van der Waals surface area contributed by atoms with Gasteiger partial charge in [-0.1, -0.05) is 12.1 Å². The highest BCUT2D eigenvalue weighted by Crippen LogP contribution is 2.29. The first kappa shape index (κ1) is 13.8. The van der Waals surface area contributed by atoms with Crippen LogP contribution in [0, 0.1) is 11.3 Å². The summed E-state index contributed by atoms with van der Waals surface area (Å²) in [4.78, 5) is 9.24. The van der Waals surface area contributed by atoms with Gasteiger partial charge in [-0.15, -0.1) is 0 Å². The zero-order valence-corrected chi connectivity index (χ0v) is 12.6. The van der Waals surface area contributed by atoms with E-state index in [4.69, 9.17) is 0 Å². The number of fused-ring (bicyclic) bond motifs is 1. The van der Waals surface area contributed by atoms with E-state index >= 15 is 0 Å². The number of nitrogens with zero attached hydrogens (tertiary/aromatic N) is 4. The summed E-state index contributed by atoms with van der Waals surface area (Å²) >= 11 is 0. The van der Waals surface area contributed by atoms with Gasteiger partial charge in [-0.2, -0.15) is 5.26 Å². The van der Waals surface area contributed by atoms with Crippen LogP contribution in [0.5, 0.6) is 0 Å². The molecule has 2 aromatic rings. The summed E-state index contributed by atoms with van der Waals surface area (Å²) in [6.07, 6.45) is 4.12. The number of piperidine rings is 1. The fraction of sp³-hybridized carbons (Fsp3) is 0.412. The summed E-state index contributed by atoms with van der Waals surface area (Å²) in [5.41, 5.74) is 0.716. The molecular weight excluding hydrogens is 260 g/mol. The standard InChI is InChI=1S/C17H20N4/c1-20-10-7-14(8-11-20)21(2)17-16-5-3-4-13(12-18)15(16)6-9-19-17/h3-6,9,14H,7-8,10-11H2,1-2H3. The van der Waals surface area contributed by atoms with Crippen LogP contribution in [0.3, 0.4) is 0 Å². The van der Waals surface area contributed by atoms with Crippen LogP contribution in [0.15, 0.2) is 30.5 Å². The van der Waals surface area contributed by atoms with E-state index in [0.29, 0.717) is 11.6 Å². The average molecular weight is 280 g/mol. The molecule has 0 amide bonds. The third kappa shape index (κ3) is 2.57. The summed E-state index contributed by atoms with van der Waals surface area (Å²) in [6.45, 7) is 2.26. The monoisotopic (exact) mass is 280 g/mol. The molecule has 108 valence electrons. The van der Waals surface area contributed by atoms with Crippen molar-refractivity contribution in [3.63, 3.8) is 0 Å². The maximum Gasteiger partial charge on any atom is 0.136 e. The Bertz CT molecular complexity index is 681. The zero-order valence-electron chi connectivity index (χ0n) is 12.6. The third-order valence-corrected chi connectivity index (χ3v) is 4.48. The van der Waals surface area contributed by atoms with Crippen molar-refractivity contribution in [3.05, 3.63) is 36.0 Å². The van der Waals surface area contributed by atoms with Crippen LogP contribution in [0.2, 0.25) is 0 Å². The number of pyridine rings is 1. The molecule has 0 N–H and O–H groups in total. The van der Waals surface area contributed by atoms with Crippen LogP contribution < -0.4 is 4.90 Å². The lowest BCUT2D eigenvalue weighted by Crippen LogP contribution is -2.42. The van der Waals surface area contributed by atoms with Crippen LogP contribution in [0.4, 0.5) is 5.82 Å². The molecule has 1 saturated heterocycles. The molecule has 4 heteroatoms. The molecule has 0 spiro atoms. The van der Waals surface area contributed by atoms with Crippen LogP contribution in [-0.2, 0) is 0 Å². The van der Waals surface area contributed by atoms with E-state index in [9.17, 15) is 5.26 Å². The molecule has 3 rings (SSSR count). The molecule has 0 radical (unpaired) electrons. The molecule has 0 saturated carbocycles. The summed E-state index contributed by atoms with van der Waals surface area (Å²) in [5, 5.41) is 11.3. The van der Waals surface area contributed by atoms with Crippen molar-refractivity contribution in [3.8, 4) is 6.07 Å². The van der Waals surface area contributed by atoms with Crippen molar-refractivity contribution in [2.75, 3.05) is 32.1 Å². The molecule has 0 atom stereocenters. The van der Waals surface area contributed by atoms with E-state index in [1.165, 1.54) is 0 Å². The molecule has 1 aliphatic heterocycles. The zero-order chi connectivity index (χ0) is 14.8. The Hall–Kier alpha value is -2.12. The average Bonchev–Trinajstić information content (AvgIpc) is 2.53. The molecule has 2 heterocycles. The second-order valence-electron chi connectivity index (χ2n) is 5.79. The minimum atomic E-state index is 0.519. The number of hydrogen-bond donors (Lipinski definition) is 0. The second-order valence-corrected chi connectivity index (χ2v) is 5.79. The SMILES string of the molecule is CN1CCC(N(C)c2nccc3c(C#N)cccc23)CC1. The maximum atomic E-state index is 9.25. The number of likely N-dealkylation sites (tertiary alicyclic amines) is 1. The lowest BCUT2D eigenvalue weighted by atomic mass is 10.0. The molecular formula is C17H20N4. The Morgan fingerprint density at radius 1 is 1.24 bits per heavy atom. The van der Waals surface area contributed by atoms with Gasteiger partial charge in [0.2, 0.25) is 0 Å². The minimum Gasteiger partial charge on any atom is -0.356 e. The lowest BCUT2D eigenvalue weighted by Gasteiger charge is -2.36. The van der Waals surface area contributed by atoms with Gasteiger partial charge in [0.25, 0.3) is 0 Å². The Balaban J connectivity index is 1.99. The van der Waals surface area contributed by atoms with Crippen molar-refractivity contribution < 1.29 is 0 Å². The van der Waals surface area contributed by atoms with Gasteiger partial charge in [-0.3, -0.25) is 0 Å². The van der Waals surface area contributed by atoms with Gasteiger partial charge in [0.1, 0.15) is 5.82 Å². The van der Waals surface area contributed by atoms with Gasteiger partial charge in [-0.25, -0.2) is 4.98 Å². The molecule has 4 nitrogen and oxygen atoms in total. The fourth-order valence-corrected chi connectivity index (χ4v) is 3.13. The quantitative estimate of drug-likeness (QED) is 0.848. The number of rotatable bonds is 2.